The van der Waals surface area contributed by atoms with Gasteiger partial charge in [0.15, 0.2) is 5.65 Å². The van der Waals surface area contributed by atoms with Gasteiger partial charge >= 0.3 is 0 Å². The molecule has 2 aliphatic rings. The van der Waals surface area contributed by atoms with Crippen LogP contribution >= 0.6 is 23.2 Å². The molecule has 0 radical (unpaired) electrons. The molecule has 180 valence electrons. The lowest BCUT2D eigenvalue weighted by Gasteiger charge is -2.35. The molecule has 0 aliphatic heterocycles. The van der Waals surface area contributed by atoms with Crippen LogP contribution in [0.5, 0.6) is 0 Å². The Labute approximate surface area is 206 Å². The van der Waals surface area contributed by atoms with E-state index in [1.807, 2.05) is 0 Å². The fourth-order valence-corrected chi connectivity index (χ4v) is 5.27. The number of amides is 1. The van der Waals surface area contributed by atoms with Gasteiger partial charge in [0, 0.05) is 17.6 Å². The van der Waals surface area contributed by atoms with E-state index >= 15 is 0 Å². The van der Waals surface area contributed by atoms with Gasteiger partial charge in [-0.25, -0.2) is 14.4 Å². The van der Waals surface area contributed by atoms with E-state index in [2.05, 4.69) is 20.6 Å². The minimum Gasteiger partial charge on any atom is -0.369 e. The number of nitrogens with zero attached hydrogens (tertiary/aromatic N) is 4. The van der Waals surface area contributed by atoms with Crippen LogP contribution in [0.3, 0.4) is 0 Å². The van der Waals surface area contributed by atoms with E-state index in [4.69, 9.17) is 33.9 Å². The third-order valence-electron chi connectivity index (χ3n) is 6.96. The summed E-state index contributed by atoms with van der Waals surface area (Å²) in [4.78, 5) is 26.4. The summed E-state index contributed by atoms with van der Waals surface area (Å²) in [6.07, 6.45) is 9.21. The average Bonchev–Trinajstić information content (AvgIpc) is 3.10. The smallest absolute Gasteiger partial charge is 0.225 e. The minimum absolute atomic E-state index is 0.0418. The van der Waals surface area contributed by atoms with E-state index in [1.54, 1.807) is 10.8 Å². The molecular weight excluding hydrogens is 480 g/mol. The second-order valence-corrected chi connectivity index (χ2v) is 10.1. The van der Waals surface area contributed by atoms with Gasteiger partial charge in [-0.1, -0.05) is 42.5 Å². The molecule has 5 rings (SSSR count). The Kier molecular flexibility index (Phi) is 6.24. The molecule has 2 fully saturated rings. The monoisotopic (exact) mass is 505 g/mol. The number of aromatic nitrogens is 4. The van der Waals surface area contributed by atoms with Crippen LogP contribution in [0.1, 0.15) is 51.4 Å². The molecule has 11 heteroatoms. The molecule has 34 heavy (non-hydrogen) atoms. The van der Waals surface area contributed by atoms with Crippen molar-refractivity contribution in [3.8, 4) is 0 Å². The number of halogens is 3. The lowest BCUT2D eigenvalue weighted by Crippen LogP contribution is -2.42. The SMILES string of the molecule is NC(=O)C1(Cn2c(Nc3c(F)cc(Cl)cc3Cl)nc3cnc(NC4CCC4)nc32)CCCCC1. The summed E-state index contributed by atoms with van der Waals surface area (Å²) in [5, 5.41) is 6.65. The van der Waals surface area contributed by atoms with Crippen molar-refractivity contribution in [1.29, 1.82) is 0 Å². The molecule has 2 heterocycles. The molecule has 2 aromatic heterocycles. The van der Waals surface area contributed by atoms with Crippen LogP contribution in [0.2, 0.25) is 10.0 Å². The number of nitrogens with one attached hydrogen (secondary N) is 2. The van der Waals surface area contributed by atoms with Crippen molar-refractivity contribution in [3.63, 3.8) is 0 Å². The van der Waals surface area contributed by atoms with Crippen LogP contribution < -0.4 is 16.4 Å². The van der Waals surface area contributed by atoms with Gasteiger partial charge in [-0.2, -0.15) is 4.98 Å². The van der Waals surface area contributed by atoms with E-state index in [-0.39, 0.29) is 28.2 Å². The van der Waals surface area contributed by atoms with Gasteiger partial charge in [0.25, 0.3) is 0 Å². The van der Waals surface area contributed by atoms with E-state index in [1.165, 1.54) is 18.6 Å². The minimum atomic E-state index is -0.739. The number of primary amides is 1. The number of carbonyl (C=O) groups excluding carboxylic acids is 1. The summed E-state index contributed by atoms with van der Waals surface area (Å²) in [7, 11) is 0. The lowest BCUT2D eigenvalue weighted by molar-refractivity contribution is -0.130. The number of nitrogens with two attached hydrogens (primary N) is 1. The number of hydrogen-bond acceptors (Lipinski definition) is 6. The highest BCUT2D eigenvalue weighted by atomic mass is 35.5. The number of anilines is 3. The zero-order valence-electron chi connectivity index (χ0n) is 18.6. The predicted molar refractivity (Wildman–Crippen MR) is 131 cm³/mol. The first-order chi connectivity index (χ1) is 16.3. The molecule has 8 nitrogen and oxygen atoms in total. The van der Waals surface area contributed by atoms with Gasteiger partial charge in [0.05, 0.1) is 22.3 Å². The number of benzene rings is 1. The number of carbonyl (C=O) groups is 1. The number of hydrogen-bond donors (Lipinski definition) is 3. The Morgan fingerprint density at radius 3 is 2.59 bits per heavy atom. The third-order valence-corrected chi connectivity index (χ3v) is 7.48. The maximum atomic E-state index is 14.7. The van der Waals surface area contributed by atoms with Crippen molar-refractivity contribution in [2.45, 2.75) is 64.0 Å². The zero-order valence-corrected chi connectivity index (χ0v) is 20.1. The van der Waals surface area contributed by atoms with E-state index < -0.39 is 11.2 Å². The summed E-state index contributed by atoms with van der Waals surface area (Å²) in [6.45, 7) is 0.272. The van der Waals surface area contributed by atoms with Crippen LogP contribution in [0.25, 0.3) is 11.2 Å². The van der Waals surface area contributed by atoms with Crippen LogP contribution in [0.15, 0.2) is 18.3 Å². The normalized spacial score (nSPS) is 18.0. The van der Waals surface area contributed by atoms with Crippen LogP contribution in [0, 0.1) is 11.2 Å². The van der Waals surface area contributed by atoms with Gasteiger partial charge in [-0.15, -0.1) is 0 Å². The molecule has 0 spiro atoms. The Morgan fingerprint density at radius 1 is 1.18 bits per heavy atom. The second-order valence-electron chi connectivity index (χ2n) is 9.27. The maximum Gasteiger partial charge on any atom is 0.225 e. The zero-order chi connectivity index (χ0) is 23.9. The van der Waals surface area contributed by atoms with Gasteiger partial charge in [0.1, 0.15) is 11.3 Å². The van der Waals surface area contributed by atoms with Crippen LogP contribution in [-0.2, 0) is 11.3 Å². The molecule has 2 saturated carbocycles. The molecular formula is C23H26Cl2FN7O. The first-order valence-corrected chi connectivity index (χ1v) is 12.3. The summed E-state index contributed by atoms with van der Waals surface area (Å²) >= 11 is 12.2. The third kappa shape index (κ3) is 4.38. The van der Waals surface area contributed by atoms with Crippen molar-refractivity contribution >= 4 is 57.9 Å². The molecule has 2 aliphatic carbocycles. The first-order valence-electron chi connectivity index (χ1n) is 11.6. The quantitative estimate of drug-likeness (QED) is 0.395. The highest BCUT2D eigenvalue weighted by Crippen LogP contribution is 2.40. The molecule has 1 amide bonds. The Balaban J connectivity index is 1.59. The van der Waals surface area contributed by atoms with Gasteiger partial charge in [-0.3, -0.25) is 9.36 Å². The van der Waals surface area contributed by atoms with Crippen molar-refractivity contribution in [3.05, 3.63) is 34.2 Å². The second kappa shape index (κ2) is 9.19. The summed E-state index contributed by atoms with van der Waals surface area (Å²) in [5.41, 5.74) is 6.27. The van der Waals surface area contributed by atoms with Crippen LogP contribution in [-0.4, -0.2) is 31.5 Å². The Morgan fingerprint density at radius 2 is 1.94 bits per heavy atom. The molecule has 0 saturated heterocycles. The van der Waals surface area contributed by atoms with Crippen LogP contribution in [0.4, 0.5) is 22.0 Å². The van der Waals surface area contributed by atoms with Crippen molar-refractivity contribution in [2.75, 3.05) is 10.6 Å². The van der Waals surface area contributed by atoms with E-state index in [9.17, 15) is 9.18 Å². The highest BCUT2D eigenvalue weighted by Gasteiger charge is 2.39. The van der Waals surface area contributed by atoms with E-state index in [0.717, 1.165) is 32.1 Å². The van der Waals surface area contributed by atoms with Gasteiger partial charge < -0.3 is 16.4 Å². The summed E-state index contributed by atoms with van der Waals surface area (Å²) in [5.74, 6) is -0.161. The fraction of sp³-hybridized carbons (Fsp3) is 0.478. The molecule has 4 N–H and O–H groups in total. The Bertz CT molecular complexity index is 1210. The van der Waals surface area contributed by atoms with Gasteiger partial charge in [-0.05, 0) is 44.2 Å². The van der Waals surface area contributed by atoms with E-state index in [0.29, 0.717) is 41.9 Å². The highest BCUT2D eigenvalue weighted by molar-refractivity contribution is 6.36. The van der Waals surface area contributed by atoms with Crippen molar-refractivity contribution < 1.29 is 9.18 Å². The Hall–Kier alpha value is -2.65. The van der Waals surface area contributed by atoms with Gasteiger partial charge in [0.2, 0.25) is 17.8 Å². The topological polar surface area (TPSA) is 111 Å². The fourth-order valence-electron chi connectivity index (χ4n) is 4.76. The summed E-state index contributed by atoms with van der Waals surface area (Å²) in [6, 6.07) is 2.98. The molecule has 0 atom stereocenters. The number of rotatable bonds is 7. The van der Waals surface area contributed by atoms with Crippen molar-refractivity contribution in [2.24, 2.45) is 11.1 Å². The number of fused-ring (bicyclic) bond motifs is 1. The predicted octanol–water partition coefficient (Wildman–Crippen LogP) is 5.42. The standard InChI is InChI=1S/C23H26Cl2FN7O/c24-13-9-15(25)18(16(26)10-13)31-22-30-17-11-28-21(29-14-5-4-6-14)32-19(17)33(22)12-23(20(27)34)7-2-1-3-8-23/h9-11,14H,1-8,12H2,(H2,27,34)(H,30,31)(H,28,29,32). The summed E-state index contributed by atoms with van der Waals surface area (Å²) < 4.78 is 16.5. The van der Waals surface area contributed by atoms with Crippen molar-refractivity contribution in [1.82, 2.24) is 19.5 Å². The number of imidazole rings is 1. The molecule has 1 aromatic carbocycles. The molecule has 0 bridgehead atoms. The lowest BCUT2D eigenvalue weighted by atomic mass is 9.73. The maximum absolute atomic E-state index is 14.7. The molecule has 0 unspecified atom stereocenters. The average molecular weight is 506 g/mol. The first kappa shape index (κ1) is 23.1. The molecule has 3 aromatic rings. The largest absolute Gasteiger partial charge is 0.369 e.